The third-order valence-electron chi connectivity index (χ3n) is 3.63. The summed E-state index contributed by atoms with van der Waals surface area (Å²) in [7, 11) is 0. The zero-order valence-corrected chi connectivity index (χ0v) is 11.5. The monoisotopic (exact) mass is 264 g/mol. The maximum atomic E-state index is 6.25. The van der Waals surface area contributed by atoms with E-state index in [0.29, 0.717) is 11.1 Å². The molecule has 3 rings (SSSR count). The number of fused-ring (bicyclic) bond motifs is 1. The lowest BCUT2D eigenvalue weighted by atomic mass is 10.1. The summed E-state index contributed by atoms with van der Waals surface area (Å²) in [5.74, 6) is 1.37. The van der Waals surface area contributed by atoms with Gasteiger partial charge in [-0.15, -0.1) is 0 Å². The van der Waals surface area contributed by atoms with Crippen LogP contribution in [0.4, 0.5) is 0 Å². The first-order chi connectivity index (χ1) is 8.66. The van der Waals surface area contributed by atoms with Gasteiger partial charge in [-0.2, -0.15) is 5.10 Å². The van der Waals surface area contributed by atoms with Crippen LogP contribution in [0.15, 0.2) is 6.20 Å². The van der Waals surface area contributed by atoms with E-state index in [1.54, 1.807) is 6.20 Å². The molecule has 0 aliphatic heterocycles. The van der Waals surface area contributed by atoms with Gasteiger partial charge >= 0.3 is 0 Å². The van der Waals surface area contributed by atoms with Gasteiger partial charge in [-0.3, -0.25) is 0 Å². The Bertz CT molecular complexity index is 570. The zero-order valence-electron chi connectivity index (χ0n) is 10.7. The largest absolute Gasteiger partial charge is 0.245 e. The molecule has 18 heavy (non-hydrogen) atoms. The summed E-state index contributed by atoms with van der Waals surface area (Å²) in [6, 6.07) is 0.282. The molecule has 4 nitrogen and oxygen atoms in total. The van der Waals surface area contributed by atoms with E-state index >= 15 is 0 Å². The first kappa shape index (κ1) is 11.9. The number of rotatable bonds is 2. The second-order valence-corrected chi connectivity index (χ2v) is 5.63. The van der Waals surface area contributed by atoms with E-state index in [2.05, 4.69) is 23.9 Å². The summed E-state index contributed by atoms with van der Waals surface area (Å²) < 4.78 is 1.92. The van der Waals surface area contributed by atoms with Crippen molar-refractivity contribution in [2.24, 2.45) is 0 Å². The normalized spacial score (nSPS) is 17.1. The van der Waals surface area contributed by atoms with Crippen molar-refractivity contribution in [2.75, 3.05) is 0 Å². The van der Waals surface area contributed by atoms with Crippen molar-refractivity contribution in [2.45, 2.75) is 51.5 Å². The molecule has 1 aliphatic rings. The highest BCUT2D eigenvalue weighted by molar-refractivity contribution is 6.33. The van der Waals surface area contributed by atoms with E-state index in [1.807, 2.05) is 4.68 Å². The summed E-state index contributed by atoms with van der Waals surface area (Å²) >= 11 is 6.25. The minimum Gasteiger partial charge on any atom is -0.245 e. The summed E-state index contributed by atoms with van der Waals surface area (Å²) in [5, 5.41) is 5.74. The average Bonchev–Trinajstić information content (AvgIpc) is 2.97. The Hall–Kier alpha value is -1.16. The van der Waals surface area contributed by atoms with Crippen LogP contribution in [0.1, 0.15) is 57.3 Å². The van der Waals surface area contributed by atoms with E-state index < -0.39 is 0 Å². The Kier molecular flexibility index (Phi) is 2.98. The van der Waals surface area contributed by atoms with Gasteiger partial charge in [0, 0.05) is 12.0 Å². The molecule has 0 unspecified atom stereocenters. The van der Waals surface area contributed by atoms with E-state index in [0.717, 1.165) is 16.9 Å². The Balaban J connectivity index is 2.14. The minimum atomic E-state index is 0.282. The van der Waals surface area contributed by atoms with Gasteiger partial charge in [0.05, 0.1) is 11.6 Å². The predicted molar refractivity (Wildman–Crippen MR) is 71.9 cm³/mol. The summed E-state index contributed by atoms with van der Waals surface area (Å²) in [5.41, 5.74) is 0.868. The van der Waals surface area contributed by atoms with E-state index in [9.17, 15) is 0 Å². The fourth-order valence-corrected chi connectivity index (χ4v) is 2.87. The third-order valence-corrected chi connectivity index (χ3v) is 3.92. The molecule has 0 bridgehead atoms. The molecule has 0 amide bonds. The van der Waals surface area contributed by atoms with Crippen molar-refractivity contribution >= 4 is 22.6 Å². The second-order valence-electron chi connectivity index (χ2n) is 5.27. The smallest absolute Gasteiger partial charge is 0.163 e. The van der Waals surface area contributed by atoms with E-state index in [-0.39, 0.29) is 6.04 Å². The molecule has 2 aromatic rings. The number of aromatic nitrogens is 4. The highest BCUT2D eigenvalue weighted by Crippen LogP contribution is 2.34. The molecule has 1 aliphatic carbocycles. The van der Waals surface area contributed by atoms with Crippen LogP contribution in [0, 0.1) is 0 Å². The molecule has 5 heteroatoms. The lowest BCUT2D eigenvalue weighted by Crippen LogP contribution is -2.07. The Morgan fingerprint density at radius 3 is 2.67 bits per heavy atom. The molecule has 0 aromatic carbocycles. The van der Waals surface area contributed by atoms with Crippen LogP contribution in [-0.4, -0.2) is 19.7 Å². The molecular formula is C13H17ClN4. The third kappa shape index (κ3) is 1.88. The van der Waals surface area contributed by atoms with Gasteiger partial charge in [0.2, 0.25) is 0 Å². The fraction of sp³-hybridized carbons (Fsp3) is 0.615. The van der Waals surface area contributed by atoms with Crippen molar-refractivity contribution in [3.63, 3.8) is 0 Å². The quantitative estimate of drug-likeness (QED) is 0.777. The number of hydrogen-bond donors (Lipinski definition) is 0. The van der Waals surface area contributed by atoms with Crippen LogP contribution in [0.25, 0.3) is 11.0 Å². The molecular weight excluding hydrogens is 248 g/mol. The maximum Gasteiger partial charge on any atom is 0.163 e. The molecule has 2 heterocycles. The predicted octanol–water partition coefficient (Wildman–Crippen LogP) is 3.72. The van der Waals surface area contributed by atoms with Crippen molar-refractivity contribution in [1.29, 1.82) is 0 Å². The molecule has 2 aromatic heterocycles. The van der Waals surface area contributed by atoms with Crippen LogP contribution >= 0.6 is 11.6 Å². The minimum absolute atomic E-state index is 0.282. The first-order valence-corrected chi connectivity index (χ1v) is 6.95. The second kappa shape index (κ2) is 4.50. The van der Waals surface area contributed by atoms with Gasteiger partial charge in [0.25, 0.3) is 0 Å². The van der Waals surface area contributed by atoms with Crippen molar-refractivity contribution in [3.8, 4) is 0 Å². The SMILES string of the molecule is CC(C)n1ncc2c(Cl)nc(C3CCCC3)nc21. The van der Waals surface area contributed by atoms with Crippen molar-refractivity contribution in [1.82, 2.24) is 19.7 Å². The standard InChI is InChI=1S/C13H17ClN4/c1-8(2)18-13-10(7-15-18)11(14)16-12(17-13)9-5-3-4-6-9/h7-9H,3-6H2,1-2H3. The molecule has 96 valence electrons. The van der Waals surface area contributed by atoms with Crippen LogP contribution < -0.4 is 0 Å². The highest BCUT2D eigenvalue weighted by Gasteiger charge is 2.22. The van der Waals surface area contributed by atoms with Gasteiger partial charge in [-0.25, -0.2) is 14.6 Å². The van der Waals surface area contributed by atoms with Gasteiger partial charge < -0.3 is 0 Å². The molecule has 1 saturated carbocycles. The van der Waals surface area contributed by atoms with Crippen LogP contribution in [0.2, 0.25) is 5.15 Å². The topological polar surface area (TPSA) is 43.6 Å². The lowest BCUT2D eigenvalue weighted by molar-refractivity contribution is 0.544. The summed E-state index contributed by atoms with van der Waals surface area (Å²) in [6.07, 6.45) is 6.66. The molecule has 1 fully saturated rings. The van der Waals surface area contributed by atoms with E-state index in [4.69, 9.17) is 16.6 Å². The Morgan fingerprint density at radius 1 is 1.28 bits per heavy atom. The van der Waals surface area contributed by atoms with Gasteiger partial charge in [-0.1, -0.05) is 24.4 Å². The van der Waals surface area contributed by atoms with Crippen LogP contribution in [0.5, 0.6) is 0 Å². The molecule has 0 saturated heterocycles. The van der Waals surface area contributed by atoms with Crippen molar-refractivity contribution < 1.29 is 0 Å². The van der Waals surface area contributed by atoms with Crippen molar-refractivity contribution in [3.05, 3.63) is 17.2 Å². The number of halogens is 1. The number of hydrogen-bond acceptors (Lipinski definition) is 3. The molecule has 0 atom stereocenters. The van der Waals surface area contributed by atoms with Gasteiger partial charge in [0.15, 0.2) is 5.65 Å². The molecule has 0 N–H and O–H groups in total. The average molecular weight is 265 g/mol. The summed E-state index contributed by atoms with van der Waals surface area (Å²) in [6.45, 7) is 4.19. The van der Waals surface area contributed by atoms with Crippen LogP contribution in [0.3, 0.4) is 0 Å². The Labute approximate surface area is 111 Å². The fourth-order valence-electron chi connectivity index (χ4n) is 2.65. The zero-order chi connectivity index (χ0) is 12.7. The van der Waals surface area contributed by atoms with Gasteiger partial charge in [-0.05, 0) is 26.7 Å². The lowest BCUT2D eigenvalue weighted by Gasteiger charge is -2.10. The number of nitrogens with zero attached hydrogens (tertiary/aromatic N) is 4. The van der Waals surface area contributed by atoms with E-state index in [1.165, 1.54) is 25.7 Å². The molecule has 0 radical (unpaired) electrons. The summed E-state index contributed by atoms with van der Waals surface area (Å²) in [4.78, 5) is 9.16. The highest BCUT2D eigenvalue weighted by atomic mass is 35.5. The maximum absolute atomic E-state index is 6.25. The van der Waals surface area contributed by atoms with Crippen LogP contribution in [-0.2, 0) is 0 Å². The van der Waals surface area contributed by atoms with Gasteiger partial charge in [0.1, 0.15) is 11.0 Å². The molecule has 0 spiro atoms. The first-order valence-electron chi connectivity index (χ1n) is 6.57. The Morgan fingerprint density at radius 2 is 2.00 bits per heavy atom.